The number of hydrogen-bond acceptors (Lipinski definition) is 2. The Kier molecular flexibility index (Phi) is 4.66. The molecule has 106 valence electrons. The van der Waals surface area contributed by atoms with E-state index in [9.17, 15) is 4.79 Å². The van der Waals surface area contributed by atoms with Gasteiger partial charge in [0.05, 0.1) is 22.4 Å². The fourth-order valence-electron chi connectivity index (χ4n) is 2.54. The van der Waals surface area contributed by atoms with Gasteiger partial charge >= 0.3 is 0 Å². The zero-order chi connectivity index (χ0) is 14.0. The first-order valence-electron chi connectivity index (χ1n) is 7.02. The van der Waals surface area contributed by atoms with Gasteiger partial charge in [-0.05, 0) is 48.5 Å². The third-order valence-electron chi connectivity index (χ3n) is 3.89. The highest BCUT2D eigenvalue weighted by atomic mass is 79.9. The average Bonchev–Trinajstić information content (AvgIpc) is 2.56. The number of carbonyl (C=O) groups excluding carboxylic acids is 1. The lowest BCUT2D eigenvalue weighted by molar-refractivity contribution is -0.131. The van der Waals surface area contributed by atoms with Crippen LogP contribution in [-0.2, 0) is 17.9 Å². The molecule has 1 aromatic heterocycles. The topological polar surface area (TPSA) is 38.1 Å². The predicted molar refractivity (Wildman–Crippen MR) is 78.8 cm³/mol. The van der Waals surface area contributed by atoms with Crippen LogP contribution in [0.4, 0.5) is 0 Å². The van der Waals surface area contributed by atoms with Gasteiger partial charge in [0.1, 0.15) is 0 Å². The van der Waals surface area contributed by atoms with Crippen LogP contribution in [0.15, 0.2) is 4.47 Å². The molecule has 1 aliphatic rings. The van der Waals surface area contributed by atoms with E-state index < -0.39 is 0 Å². The molecule has 1 aromatic rings. The van der Waals surface area contributed by atoms with Crippen LogP contribution < -0.4 is 0 Å². The molecule has 0 N–H and O–H groups in total. The van der Waals surface area contributed by atoms with Gasteiger partial charge in [0.2, 0.25) is 5.91 Å². The second kappa shape index (κ2) is 6.07. The van der Waals surface area contributed by atoms with E-state index in [2.05, 4.69) is 34.9 Å². The van der Waals surface area contributed by atoms with Crippen molar-refractivity contribution >= 4 is 21.8 Å². The van der Waals surface area contributed by atoms with Crippen molar-refractivity contribution in [3.63, 3.8) is 0 Å². The fraction of sp³-hybridized carbons (Fsp3) is 0.714. The number of carbonyl (C=O) groups is 1. The van der Waals surface area contributed by atoms with Crippen LogP contribution in [-0.4, -0.2) is 27.1 Å². The lowest BCUT2D eigenvalue weighted by atomic mass is 10.0. The minimum absolute atomic E-state index is 0.276. The molecule has 4 nitrogen and oxygen atoms in total. The van der Waals surface area contributed by atoms with Crippen molar-refractivity contribution in [3.8, 4) is 0 Å². The number of rotatable bonds is 3. The number of hydrogen-bond donors (Lipinski definition) is 0. The minimum Gasteiger partial charge on any atom is -0.337 e. The Morgan fingerprint density at radius 1 is 1.42 bits per heavy atom. The standard InChI is InChI=1S/C14H22BrN3O/c1-4-18-12(14(15)11(3)16-18)9-17-8-7-10(2)5-6-13(17)19/h10H,4-9H2,1-3H3. The molecule has 1 unspecified atom stereocenters. The van der Waals surface area contributed by atoms with Gasteiger partial charge in [0.15, 0.2) is 0 Å². The normalized spacial score (nSPS) is 20.7. The molecule has 0 aromatic carbocycles. The van der Waals surface area contributed by atoms with Crippen LogP contribution in [0.25, 0.3) is 0 Å². The highest BCUT2D eigenvalue weighted by Crippen LogP contribution is 2.25. The maximum atomic E-state index is 12.2. The molecular weight excluding hydrogens is 306 g/mol. The number of likely N-dealkylation sites (tertiary alicyclic amines) is 1. The fourth-order valence-corrected chi connectivity index (χ4v) is 2.95. The number of amides is 1. The second-order valence-corrected chi connectivity index (χ2v) is 6.20. The van der Waals surface area contributed by atoms with Gasteiger partial charge in [-0.2, -0.15) is 5.10 Å². The van der Waals surface area contributed by atoms with Gasteiger partial charge in [-0.3, -0.25) is 9.48 Å². The summed E-state index contributed by atoms with van der Waals surface area (Å²) in [5.74, 6) is 0.924. The van der Waals surface area contributed by atoms with Crippen molar-refractivity contribution in [2.24, 2.45) is 5.92 Å². The largest absolute Gasteiger partial charge is 0.337 e. The van der Waals surface area contributed by atoms with E-state index in [1.807, 2.05) is 16.5 Å². The van der Waals surface area contributed by atoms with E-state index in [-0.39, 0.29) is 5.91 Å². The summed E-state index contributed by atoms with van der Waals surface area (Å²) in [4.78, 5) is 14.1. The van der Waals surface area contributed by atoms with Crippen molar-refractivity contribution in [3.05, 3.63) is 15.9 Å². The summed E-state index contributed by atoms with van der Waals surface area (Å²) < 4.78 is 3.03. The molecule has 1 atom stereocenters. The molecule has 0 bridgehead atoms. The summed E-state index contributed by atoms with van der Waals surface area (Å²) in [6, 6.07) is 0. The molecule has 1 amide bonds. The molecule has 19 heavy (non-hydrogen) atoms. The summed E-state index contributed by atoms with van der Waals surface area (Å²) >= 11 is 3.60. The van der Waals surface area contributed by atoms with Crippen molar-refractivity contribution in [1.82, 2.24) is 14.7 Å². The molecule has 2 heterocycles. The average molecular weight is 328 g/mol. The Labute approximate surface area is 123 Å². The lowest BCUT2D eigenvalue weighted by Gasteiger charge is -2.21. The van der Waals surface area contributed by atoms with E-state index in [0.717, 1.165) is 41.8 Å². The quantitative estimate of drug-likeness (QED) is 0.855. The summed E-state index contributed by atoms with van der Waals surface area (Å²) in [5.41, 5.74) is 2.11. The third kappa shape index (κ3) is 3.19. The van der Waals surface area contributed by atoms with E-state index in [1.54, 1.807) is 0 Å². The number of nitrogens with zero attached hydrogens (tertiary/aromatic N) is 3. The van der Waals surface area contributed by atoms with Gasteiger partial charge in [-0.1, -0.05) is 6.92 Å². The Balaban J connectivity index is 2.18. The maximum absolute atomic E-state index is 12.2. The molecule has 1 aliphatic heterocycles. The molecule has 0 radical (unpaired) electrons. The summed E-state index contributed by atoms with van der Waals surface area (Å²) in [6.45, 7) is 8.66. The molecule has 0 saturated carbocycles. The van der Waals surface area contributed by atoms with Crippen LogP contribution in [0.5, 0.6) is 0 Å². The Morgan fingerprint density at radius 2 is 2.16 bits per heavy atom. The van der Waals surface area contributed by atoms with E-state index in [1.165, 1.54) is 0 Å². The number of halogens is 1. The smallest absolute Gasteiger partial charge is 0.222 e. The highest BCUT2D eigenvalue weighted by molar-refractivity contribution is 9.10. The molecule has 0 aliphatic carbocycles. The molecular formula is C14H22BrN3O. The van der Waals surface area contributed by atoms with Gasteiger partial charge < -0.3 is 4.90 Å². The van der Waals surface area contributed by atoms with E-state index in [0.29, 0.717) is 18.9 Å². The van der Waals surface area contributed by atoms with Gasteiger partial charge in [0.25, 0.3) is 0 Å². The predicted octanol–water partition coefficient (Wildman–Crippen LogP) is 3.12. The monoisotopic (exact) mass is 327 g/mol. The maximum Gasteiger partial charge on any atom is 0.222 e. The van der Waals surface area contributed by atoms with Crippen LogP contribution in [0, 0.1) is 12.8 Å². The molecule has 2 rings (SSSR count). The number of aryl methyl sites for hydroxylation is 2. The van der Waals surface area contributed by atoms with Gasteiger partial charge in [-0.15, -0.1) is 0 Å². The zero-order valence-corrected chi connectivity index (χ0v) is 13.5. The van der Waals surface area contributed by atoms with E-state index >= 15 is 0 Å². The minimum atomic E-state index is 0.276. The Bertz CT molecular complexity index is 470. The summed E-state index contributed by atoms with van der Waals surface area (Å²) in [6.07, 6.45) is 2.79. The van der Waals surface area contributed by atoms with Gasteiger partial charge in [0, 0.05) is 19.5 Å². The van der Waals surface area contributed by atoms with Crippen LogP contribution in [0.3, 0.4) is 0 Å². The Morgan fingerprint density at radius 3 is 2.84 bits per heavy atom. The summed E-state index contributed by atoms with van der Waals surface area (Å²) in [5, 5.41) is 4.49. The van der Waals surface area contributed by atoms with Crippen molar-refractivity contribution in [2.75, 3.05) is 6.54 Å². The molecule has 1 fully saturated rings. The number of aromatic nitrogens is 2. The Hall–Kier alpha value is -0.840. The van der Waals surface area contributed by atoms with Crippen molar-refractivity contribution < 1.29 is 4.79 Å². The van der Waals surface area contributed by atoms with Crippen LogP contribution in [0.1, 0.15) is 44.5 Å². The molecule has 5 heteroatoms. The van der Waals surface area contributed by atoms with E-state index in [4.69, 9.17) is 0 Å². The highest BCUT2D eigenvalue weighted by Gasteiger charge is 2.23. The molecule has 1 saturated heterocycles. The van der Waals surface area contributed by atoms with Crippen LogP contribution in [0.2, 0.25) is 0 Å². The first-order chi connectivity index (χ1) is 9.02. The zero-order valence-electron chi connectivity index (χ0n) is 11.9. The first kappa shape index (κ1) is 14.6. The summed E-state index contributed by atoms with van der Waals surface area (Å²) in [7, 11) is 0. The lowest BCUT2D eigenvalue weighted by Crippen LogP contribution is -2.31. The van der Waals surface area contributed by atoms with Crippen molar-refractivity contribution in [2.45, 2.75) is 53.1 Å². The van der Waals surface area contributed by atoms with Crippen molar-refractivity contribution in [1.29, 1.82) is 0 Å². The van der Waals surface area contributed by atoms with Gasteiger partial charge in [-0.25, -0.2) is 0 Å². The second-order valence-electron chi connectivity index (χ2n) is 5.41. The third-order valence-corrected chi connectivity index (χ3v) is 4.92. The SMILES string of the molecule is CCn1nc(C)c(Br)c1CN1CCC(C)CCC1=O. The first-order valence-corrected chi connectivity index (χ1v) is 7.81. The van der Waals surface area contributed by atoms with Crippen LogP contribution >= 0.6 is 15.9 Å². The molecule has 0 spiro atoms.